The van der Waals surface area contributed by atoms with Gasteiger partial charge in [0.05, 0.1) is 4.92 Å². The number of carbonyl (C=O) groups is 1. The van der Waals surface area contributed by atoms with E-state index in [9.17, 15) is 14.9 Å². The Labute approximate surface area is 147 Å². The van der Waals surface area contributed by atoms with E-state index in [-0.39, 0.29) is 11.5 Å². The molecule has 1 fully saturated rings. The second-order valence-electron chi connectivity index (χ2n) is 6.50. The van der Waals surface area contributed by atoms with Crippen LogP contribution in [0.3, 0.4) is 0 Å². The van der Waals surface area contributed by atoms with Gasteiger partial charge in [0.1, 0.15) is 0 Å². The van der Waals surface area contributed by atoms with Gasteiger partial charge in [0.25, 0.3) is 5.69 Å². The van der Waals surface area contributed by atoms with Gasteiger partial charge >= 0.3 is 0 Å². The summed E-state index contributed by atoms with van der Waals surface area (Å²) in [6.07, 6.45) is 9.60. The summed E-state index contributed by atoms with van der Waals surface area (Å²) in [5.74, 6) is 0.571. The fraction of sp³-hybridized carbons (Fsp3) is 0.286. The fourth-order valence-corrected chi connectivity index (χ4v) is 3.33. The summed E-state index contributed by atoms with van der Waals surface area (Å²) in [7, 11) is 0. The van der Waals surface area contributed by atoms with E-state index in [1.54, 1.807) is 18.2 Å². The molecule has 0 aliphatic heterocycles. The number of non-ortho nitro benzene ring substituents is 1. The molecule has 1 saturated carbocycles. The van der Waals surface area contributed by atoms with E-state index < -0.39 is 4.92 Å². The van der Waals surface area contributed by atoms with Gasteiger partial charge in [0.15, 0.2) is 5.78 Å². The highest BCUT2D eigenvalue weighted by Crippen LogP contribution is 2.32. The van der Waals surface area contributed by atoms with Gasteiger partial charge in [-0.05, 0) is 48.1 Å². The van der Waals surface area contributed by atoms with Crippen LogP contribution in [0.2, 0.25) is 0 Å². The number of allylic oxidation sites excluding steroid dienone is 1. The molecule has 0 spiro atoms. The van der Waals surface area contributed by atoms with E-state index in [0.717, 1.165) is 5.56 Å². The summed E-state index contributed by atoms with van der Waals surface area (Å²) in [5, 5.41) is 10.6. The van der Waals surface area contributed by atoms with E-state index in [1.807, 2.05) is 12.1 Å². The summed E-state index contributed by atoms with van der Waals surface area (Å²) >= 11 is 0. The predicted octanol–water partition coefficient (Wildman–Crippen LogP) is 5.54. The first-order chi connectivity index (χ1) is 12.1. The molecule has 0 bridgehead atoms. The third-order valence-corrected chi connectivity index (χ3v) is 4.80. The molecule has 0 saturated heterocycles. The molecule has 0 atom stereocenters. The Bertz CT molecular complexity index is 770. The Kier molecular flexibility index (Phi) is 5.39. The standard InChI is InChI=1S/C21H21NO3/c23-21(15-8-16-6-13-20(14-7-16)22(24)25)19-11-9-18(10-12-19)17-4-2-1-3-5-17/h6-15,17H,1-5H2/b15-8+. The largest absolute Gasteiger partial charge is 0.289 e. The molecule has 2 aromatic carbocycles. The normalized spacial score (nSPS) is 15.4. The van der Waals surface area contributed by atoms with Crippen molar-refractivity contribution >= 4 is 17.5 Å². The lowest BCUT2D eigenvalue weighted by atomic mass is 9.84. The second kappa shape index (κ2) is 7.88. The Hall–Kier alpha value is -2.75. The van der Waals surface area contributed by atoms with Gasteiger partial charge in [0, 0.05) is 17.7 Å². The molecular formula is C21H21NO3. The number of nitro benzene ring substituents is 1. The number of hydrogen-bond donors (Lipinski definition) is 0. The quantitative estimate of drug-likeness (QED) is 0.312. The van der Waals surface area contributed by atoms with E-state index in [4.69, 9.17) is 0 Å². The number of hydrogen-bond acceptors (Lipinski definition) is 3. The molecule has 0 N–H and O–H groups in total. The van der Waals surface area contributed by atoms with Crippen molar-refractivity contribution < 1.29 is 9.72 Å². The fourth-order valence-electron chi connectivity index (χ4n) is 3.33. The third-order valence-electron chi connectivity index (χ3n) is 4.80. The van der Waals surface area contributed by atoms with Crippen LogP contribution in [0.1, 0.15) is 59.5 Å². The second-order valence-corrected chi connectivity index (χ2v) is 6.50. The lowest BCUT2D eigenvalue weighted by Gasteiger charge is -2.21. The number of benzene rings is 2. The van der Waals surface area contributed by atoms with Crippen molar-refractivity contribution in [3.63, 3.8) is 0 Å². The van der Waals surface area contributed by atoms with Crippen molar-refractivity contribution in [2.24, 2.45) is 0 Å². The third kappa shape index (κ3) is 4.41. The average Bonchev–Trinajstić information content (AvgIpc) is 2.67. The summed E-state index contributed by atoms with van der Waals surface area (Å²) in [5.41, 5.74) is 2.80. The van der Waals surface area contributed by atoms with Gasteiger partial charge in [-0.15, -0.1) is 0 Å². The van der Waals surface area contributed by atoms with Crippen LogP contribution >= 0.6 is 0 Å². The maximum absolute atomic E-state index is 12.3. The van der Waals surface area contributed by atoms with E-state index in [0.29, 0.717) is 11.5 Å². The van der Waals surface area contributed by atoms with Gasteiger partial charge in [0.2, 0.25) is 0 Å². The molecule has 4 heteroatoms. The molecule has 0 radical (unpaired) electrons. The van der Waals surface area contributed by atoms with Crippen molar-refractivity contribution in [1.29, 1.82) is 0 Å². The van der Waals surface area contributed by atoms with Crippen LogP contribution < -0.4 is 0 Å². The maximum Gasteiger partial charge on any atom is 0.269 e. The van der Waals surface area contributed by atoms with Gasteiger partial charge in [-0.1, -0.05) is 49.6 Å². The number of nitrogens with zero attached hydrogens (tertiary/aromatic N) is 1. The zero-order valence-corrected chi connectivity index (χ0v) is 14.1. The van der Waals surface area contributed by atoms with Crippen LogP contribution in [0.15, 0.2) is 54.6 Å². The molecule has 0 aromatic heterocycles. The molecule has 1 aliphatic rings. The van der Waals surface area contributed by atoms with Crippen LogP contribution in [0, 0.1) is 10.1 Å². The molecule has 0 amide bonds. The van der Waals surface area contributed by atoms with Crippen molar-refractivity contribution in [3.8, 4) is 0 Å². The first kappa shape index (κ1) is 17.1. The first-order valence-electron chi connectivity index (χ1n) is 8.70. The molecule has 25 heavy (non-hydrogen) atoms. The van der Waals surface area contributed by atoms with E-state index in [1.165, 1.54) is 55.9 Å². The minimum absolute atomic E-state index is 0.0433. The molecule has 2 aromatic rings. The Morgan fingerprint density at radius 1 is 0.960 bits per heavy atom. The smallest absolute Gasteiger partial charge is 0.269 e. The minimum atomic E-state index is -0.438. The summed E-state index contributed by atoms with van der Waals surface area (Å²) in [6.45, 7) is 0. The summed E-state index contributed by atoms with van der Waals surface area (Å²) in [4.78, 5) is 22.5. The molecule has 128 valence electrons. The number of rotatable bonds is 5. The van der Waals surface area contributed by atoms with E-state index >= 15 is 0 Å². The van der Waals surface area contributed by atoms with Crippen LogP contribution in [0.4, 0.5) is 5.69 Å². The number of ketones is 1. The lowest BCUT2D eigenvalue weighted by molar-refractivity contribution is -0.384. The van der Waals surface area contributed by atoms with Crippen molar-refractivity contribution in [1.82, 2.24) is 0 Å². The highest BCUT2D eigenvalue weighted by molar-refractivity contribution is 6.06. The Morgan fingerprint density at radius 3 is 2.20 bits per heavy atom. The van der Waals surface area contributed by atoms with Gasteiger partial charge in [-0.25, -0.2) is 0 Å². The molecule has 0 heterocycles. The first-order valence-corrected chi connectivity index (χ1v) is 8.70. The molecular weight excluding hydrogens is 314 g/mol. The van der Waals surface area contributed by atoms with Crippen LogP contribution in [-0.2, 0) is 0 Å². The molecule has 3 rings (SSSR count). The minimum Gasteiger partial charge on any atom is -0.289 e. The van der Waals surface area contributed by atoms with Crippen LogP contribution in [0.5, 0.6) is 0 Å². The van der Waals surface area contributed by atoms with Crippen LogP contribution in [0.25, 0.3) is 6.08 Å². The summed E-state index contributed by atoms with van der Waals surface area (Å²) < 4.78 is 0. The summed E-state index contributed by atoms with van der Waals surface area (Å²) in [6, 6.07) is 14.1. The van der Waals surface area contributed by atoms with Crippen molar-refractivity contribution in [2.75, 3.05) is 0 Å². The molecule has 4 nitrogen and oxygen atoms in total. The van der Waals surface area contributed by atoms with Crippen LogP contribution in [-0.4, -0.2) is 10.7 Å². The van der Waals surface area contributed by atoms with Gasteiger partial charge in [-0.3, -0.25) is 14.9 Å². The number of nitro groups is 1. The highest BCUT2D eigenvalue weighted by atomic mass is 16.6. The molecule has 1 aliphatic carbocycles. The SMILES string of the molecule is O=C(/C=C/c1ccc([N+](=O)[O-])cc1)c1ccc(C2CCCCC2)cc1. The number of carbonyl (C=O) groups excluding carboxylic acids is 1. The van der Waals surface area contributed by atoms with Crippen molar-refractivity contribution in [3.05, 3.63) is 81.4 Å². The zero-order chi connectivity index (χ0) is 17.6. The average molecular weight is 335 g/mol. The Balaban J connectivity index is 1.65. The Morgan fingerprint density at radius 2 is 1.60 bits per heavy atom. The van der Waals surface area contributed by atoms with Gasteiger partial charge < -0.3 is 0 Å². The van der Waals surface area contributed by atoms with E-state index in [2.05, 4.69) is 12.1 Å². The highest BCUT2D eigenvalue weighted by Gasteiger charge is 2.15. The zero-order valence-electron chi connectivity index (χ0n) is 14.1. The van der Waals surface area contributed by atoms with Gasteiger partial charge in [-0.2, -0.15) is 0 Å². The monoisotopic (exact) mass is 335 g/mol. The lowest BCUT2D eigenvalue weighted by Crippen LogP contribution is -2.05. The predicted molar refractivity (Wildman–Crippen MR) is 98.7 cm³/mol. The van der Waals surface area contributed by atoms with Crippen molar-refractivity contribution in [2.45, 2.75) is 38.0 Å². The topological polar surface area (TPSA) is 60.2 Å². The molecule has 0 unspecified atom stereocenters. The maximum atomic E-state index is 12.3.